The van der Waals surface area contributed by atoms with Gasteiger partial charge in [0.15, 0.2) is 0 Å². The standard InChI is InChI=1S/C14H19ClN2O3S/c1-4-8-16-14(18)7-9-17(21(3,19)20)12-6-5-11(2)13(15)10-12/h4-6,10H,1,7-9H2,2-3H3,(H,16,18). The molecule has 0 atom stereocenters. The second-order valence-corrected chi connectivity index (χ2v) is 6.93. The Labute approximate surface area is 130 Å². The van der Waals surface area contributed by atoms with Crippen LogP contribution in [0.4, 0.5) is 5.69 Å². The van der Waals surface area contributed by atoms with Gasteiger partial charge in [0.05, 0.1) is 11.9 Å². The maximum atomic E-state index is 11.9. The van der Waals surface area contributed by atoms with Gasteiger partial charge in [-0.05, 0) is 24.6 Å². The number of carbonyl (C=O) groups excluding carboxylic acids is 1. The monoisotopic (exact) mass is 330 g/mol. The minimum atomic E-state index is -3.49. The molecule has 116 valence electrons. The topological polar surface area (TPSA) is 66.5 Å². The van der Waals surface area contributed by atoms with Crippen LogP contribution in [-0.2, 0) is 14.8 Å². The number of rotatable bonds is 7. The fourth-order valence-electron chi connectivity index (χ4n) is 1.70. The molecule has 7 heteroatoms. The van der Waals surface area contributed by atoms with Crippen molar-refractivity contribution >= 4 is 33.2 Å². The summed E-state index contributed by atoms with van der Waals surface area (Å²) in [5.74, 6) is -0.234. The third-order valence-corrected chi connectivity index (χ3v) is 4.43. The van der Waals surface area contributed by atoms with Crippen molar-refractivity contribution in [3.63, 3.8) is 0 Å². The van der Waals surface area contributed by atoms with Crippen molar-refractivity contribution in [1.82, 2.24) is 5.32 Å². The summed E-state index contributed by atoms with van der Waals surface area (Å²) >= 11 is 6.03. The summed E-state index contributed by atoms with van der Waals surface area (Å²) < 4.78 is 25.0. The van der Waals surface area contributed by atoms with E-state index in [9.17, 15) is 13.2 Å². The quantitative estimate of drug-likeness (QED) is 0.779. The molecular formula is C14H19ClN2O3S. The van der Waals surface area contributed by atoms with Crippen molar-refractivity contribution in [2.24, 2.45) is 0 Å². The zero-order chi connectivity index (χ0) is 16.0. The van der Waals surface area contributed by atoms with Crippen molar-refractivity contribution in [2.45, 2.75) is 13.3 Å². The van der Waals surface area contributed by atoms with Crippen molar-refractivity contribution in [1.29, 1.82) is 0 Å². The van der Waals surface area contributed by atoms with Gasteiger partial charge in [0.25, 0.3) is 0 Å². The Hall–Kier alpha value is -1.53. The highest BCUT2D eigenvalue weighted by molar-refractivity contribution is 7.92. The number of anilines is 1. The van der Waals surface area contributed by atoms with Crippen molar-refractivity contribution in [2.75, 3.05) is 23.7 Å². The summed E-state index contributed by atoms with van der Waals surface area (Å²) in [6.07, 6.45) is 2.72. The average molecular weight is 331 g/mol. The Balaban J connectivity index is 2.89. The molecule has 0 saturated carbocycles. The average Bonchev–Trinajstić information content (AvgIpc) is 2.39. The van der Waals surface area contributed by atoms with Gasteiger partial charge in [0.1, 0.15) is 0 Å². The first kappa shape index (κ1) is 17.5. The van der Waals surface area contributed by atoms with Crippen LogP contribution in [0.2, 0.25) is 5.02 Å². The Morgan fingerprint density at radius 3 is 2.67 bits per heavy atom. The maximum absolute atomic E-state index is 11.9. The van der Waals surface area contributed by atoms with Gasteiger partial charge < -0.3 is 5.32 Å². The van der Waals surface area contributed by atoms with E-state index in [0.717, 1.165) is 11.8 Å². The summed E-state index contributed by atoms with van der Waals surface area (Å²) in [7, 11) is -3.49. The first-order chi connectivity index (χ1) is 9.75. The third kappa shape index (κ3) is 5.40. The van der Waals surface area contributed by atoms with Crippen LogP contribution in [0.3, 0.4) is 0 Å². The Bertz CT molecular complexity index is 629. The van der Waals surface area contributed by atoms with Crippen LogP contribution in [0.25, 0.3) is 0 Å². The molecule has 0 aliphatic heterocycles. The lowest BCUT2D eigenvalue weighted by atomic mass is 10.2. The first-order valence-electron chi connectivity index (χ1n) is 6.37. The second-order valence-electron chi connectivity index (χ2n) is 4.61. The summed E-state index contributed by atoms with van der Waals surface area (Å²) in [5.41, 5.74) is 1.31. The van der Waals surface area contributed by atoms with Crippen LogP contribution < -0.4 is 9.62 Å². The van der Waals surface area contributed by atoms with E-state index in [1.807, 2.05) is 6.92 Å². The highest BCUT2D eigenvalue weighted by Gasteiger charge is 2.19. The van der Waals surface area contributed by atoms with Crippen molar-refractivity contribution < 1.29 is 13.2 Å². The second kappa shape index (κ2) is 7.47. The van der Waals surface area contributed by atoms with Gasteiger partial charge >= 0.3 is 0 Å². The van der Waals surface area contributed by atoms with E-state index in [4.69, 9.17) is 11.6 Å². The summed E-state index contributed by atoms with van der Waals surface area (Å²) in [6.45, 7) is 5.74. The predicted molar refractivity (Wildman–Crippen MR) is 86.2 cm³/mol. The minimum Gasteiger partial charge on any atom is -0.353 e. The van der Waals surface area contributed by atoms with E-state index >= 15 is 0 Å². The van der Waals surface area contributed by atoms with E-state index < -0.39 is 10.0 Å². The van der Waals surface area contributed by atoms with E-state index in [1.165, 1.54) is 4.31 Å². The van der Waals surface area contributed by atoms with Crippen LogP contribution >= 0.6 is 11.6 Å². The largest absolute Gasteiger partial charge is 0.353 e. The van der Waals surface area contributed by atoms with Gasteiger partial charge in [-0.15, -0.1) is 6.58 Å². The molecule has 1 N–H and O–H groups in total. The molecule has 0 aliphatic carbocycles. The van der Waals surface area contributed by atoms with Gasteiger partial charge in [0.2, 0.25) is 15.9 Å². The zero-order valence-corrected chi connectivity index (χ0v) is 13.7. The minimum absolute atomic E-state index is 0.0567. The van der Waals surface area contributed by atoms with E-state index in [0.29, 0.717) is 17.3 Å². The SMILES string of the molecule is C=CCNC(=O)CCN(c1ccc(C)c(Cl)c1)S(C)(=O)=O. The number of halogens is 1. The first-order valence-corrected chi connectivity index (χ1v) is 8.60. The number of nitrogens with one attached hydrogen (secondary N) is 1. The van der Waals surface area contributed by atoms with E-state index in [1.54, 1.807) is 24.3 Å². The molecule has 1 rings (SSSR count). The van der Waals surface area contributed by atoms with Crippen LogP contribution in [0.5, 0.6) is 0 Å². The highest BCUT2D eigenvalue weighted by Crippen LogP contribution is 2.24. The number of hydrogen-bond donors (Lipinski definition) is 1. The number of carbonyl (C=O) groups is 1. The van der Waals surface area contributed by atoms with Crippen LogP contribution in [0.15, 0.2) is 30.9 Å². The smallest absolute Gasteiger partial charge is 0.232 e. The van der Waals surface area contributed by atoms with Gasteiger partial charge in [-0.1, -0.05) is 23.7 Å². The number of nitrogens with zero attached hydrogens (tertiary/aromatic N) is 1. The Morgan fingerprint density at radius 2 is 2.14 bits per heavy atom. The molecular weight excluding hydrogens is 312 g/mol. The highest BCUT2D eigenvalue weighted by atomic mass is 35.5. The normalized spacial score (nSPS) is 11.0. The summed E-state index contributed by atoms with van der Waals surface area (Å²) in [5, 5.41) is 3.09. The van der Waals surface area contributed by atoms with Crippen molar-refractivity contribution in [3.05, 3.63) is 41.4 Å². The lowest BCUT2D eigenvalue weighted by Crippen LogP contribution is -2.34. The lowest BCUT2D eigenvalue weighted by molar-refractivity contribution is -0.120. The van der Waals surface area contributed by atoms with Crippen LogP contribution in [0, 0.1) is 6.92 Å². The number of benzene rings is 1. The lowest BCUT2D eigenvalue weighted by Gasteiger charge is -2.22. The molecule has 0 saturated heterocycles. The molecule has 0 heterocycles. The predicted octanol–water partition coefficient (Wildman–Crippen LogP) is 2.11. The molecule has 0 aliphatic rings. The fraction of sp³-hybridized carbons (Fsp3) is 0.357. The number of aryl methyl sites for hydroxylation is 1. The third-order valence-electron chi connectivity index (χ3n) is 2.83. The zero-order valence-electron chi connectivity index (χ0n) is 12.1. The van der Waals surface area contributed by atoms with Crippen LogP contribution in [0.1, 0.15) is 12.0 Å². The number of hydrogen-bond acceptors (Lipinski definition) is 3. The van der Waals surface area contributed by atoms with E-state index in [2.05, 4.69) is 11.9 Å². The van der Waals surface area contributed by atoms with Crippen molar-refractivity contribution in [3.8, 4) is 0 Å². The fourth-order valence-corrected chi connectivity index (χ4v) is 2.80. The van der Waals surface area contributed by atoms with Crippen LogP contribution in [-0.4, -0.2) is 33.7 Å². The van der Waals surface area contributed by atoms with Gasteiger partial charge in [0, 0.05) is 24.5 Å². The molecule has 21 heavy (non-hydrogen) atoms. The number of sulfonamides is 1. The van der Waals surface area contributed by atoms with Gasteiger partial charge in [-0.2, -0.15) is 0 Å². The Morgan fingerprint density at radius 1 is 1.48 bits per heavy atom. The van der Waals surface area contributed by atoms with Gasteiger partial charge in [-0.3, -0.25) is 9.10 Å². The molecule has 1 amide bonds. The molecule has 1 aromatic carbocycles. The molecule has 0 unspecified atom stereocenters. The molecule has 0 fully saturated rings. The molecule has 0 bridgehead atoms. The number of amides is 1. The molecule has 0 aromatic heterocycles. The molecule has 0 radical (unpaired) electrons. The Kier molecular flexibility index (Phi) is 6.23. The summed E-state index contributed by atoms with van der Waals surface area (Å²) in [6, 6.07) is 5.00. The molecule has 1 aromatic rings. The molecule has 5 nitrogen and oxygen atoms in total. The van der Waals surface area contributed by atoms with Gasteiger partial charge in [-0.25, -0.2) is 8.42 Å². The molecule has 0 spiro atoms. The van der Waals surface area contributed by atoms with E-state index in [-0.39, 0.29) is 18.9 Å². The summed E-state index contributed by atoms with van der Waals surface area (Å²) in [4.78, 5) is 11.6. The maximum Gasteiger partial charge on any atom is 0.232 e.